The van der Waals surface area contributed by atoms with Crippen LogP contribution in [0.1, 0.15) is 31.7 Å². The van der Waals surface area contributed by atoms with Crippen LogP contribution in [0.4, 0.5) is 0 Å². The fourth-order valence-electron chi connectivity index (χ4n) is 3.24. The molecule has 1 fully saturated rings. The number of amides is 1. The third-order valence-corrected chi connectivity index (χ3v) is 5.66. The SMILES string of the molecule is COc1cc(/C=C2\SC(N3CCCC[C@H]3C)=NC2=O)cc(OC)c1OC. The molecule has 0 radical (unpaired) electrons. The van der Waals surface area contributed by atoms with Crippen molar-refractivity contribution in [1.82, 2.24) is 4.90 Å². The van der Waals surface area contributed by atoms with E-state index in [0.29, 0.717) is 28.2 Å². The molecule has 6 nitrogen and oxygen atoms in total. The molecule has 1 atom stereocenters. The van der Waals surface area contributed by atoms with Gasteiger partial charge in [-0.05, 0) is 61.7 Å². The predicted molar refractivity (Wildman–Crippen MR) is 104 cm³/mol. The quantitative estimate of drug-likeness (QED) is 0.749. The molecular weight excluding hydrogens is 352 g/mol. The first kappa shape index (κ1) is 18.6. The highest BCUT2D eigenvalue weighted by atomic mass is 32.2. The van der Waals surface area contributed by atoms with E-state index in [1.54, 1.807) is 21.3 Å². The lowest BCUT2D eigenvalue weighted by atomic mass is 10.1. The molecule has 2 heterocycles. The average molecular weight is 376 g/mol. The van der Waals surface area contributed by atoms with Crippen LogP contribution in [0.15, 0.2) is 22.0 Å². The standard InChI is InChI=1S/C19H24N2O4S/c1-12-7-5-6-8-21(12)19-20-18(22)16(26-19)11-13-9-14(23-2)17(25-4)15(10-13)24-3/h9-12H,5-8H2,1-4H3/b16-11-/t12-/m1/s1. The summed E-state index contributed by atoms with van der Waals surface area (Å²) in [7, 11) is 4.71. The van der Waals surface area contributed by atoms with Gasteiger partial charge in [0.05, 0.1) is 26.2 Å². The molecule has 0 bridgehead atoms. The minimum atomic E-state index is -0.198. The summed E-state index contributed by atoms with van der Waals surface area (Å²) in [5.41, 5.74) is 0.804. The lowest BCUT2D eigenvalue weighted by Gasteiger charge is -2.34. The van der Waals surface area contributed by atoms with E-state index in [1.165, 1.54) is 18.2 Å². The number of hydrogen-bond donors (Lipinski definition) is 0. The highest BCUT2D eigenvalue weighted by Gasteiger charge is 2.30. The van der Waals surface area contributed by atoms with E-state index in [4.69, 9.17) is 14.2 Å². The molecule has 0 unspecified atom stereocenters. The van der Waals surface area contributed by atoms with Gasteiger partial charge in [-0.3, -0.25) is 4.79 Å². The smallest absolute Gasteiger partial charge is 0.286 e. The third kappa shape index (κ3) is 3.67. The van der Waals surface area contributed by atoms with Gasteiger partial charge >= 0.3 is 0 Å². The fourth-order valence-corrected chi connectivity index (χ4v) is 4.28. The van der Waals surface area contributed by atoms with Crippen LogP contribution in [0.2, 0.25) is 0 Å². The zero-order valence-corrected chi connectivity index (χ0v) is 16.4. The molecule has 0 aliphatic carbocycles. The van der Waals surface area contributed by atoms with Crippen molar-refractivity contribution in [2.24, 2.45) is 4.99 Å². The van der Waals surface area contributed by atoms with Crippen LogP contribution in [0.3, 0.4) is 0 Å². The van der Waals surface area contributed by atoms with Gasteiger partial charge in [0, 0.05) is 12.6 Å². The molecule has 1 aromatic rings. The van der Waals surface area contributed by atoms with E-state index >= 15 is 0 Å². The van der Waals surface area contributed by atoms with Gasteiger partial charge in [0.25, 0.3) is 5.91 Å². The molecular formula is C19H24N2O4S. The molecule has 3 rings (SSSR count). The second-order valence-electron chi connectivity index (χ2n) is 6.31. The van der Waals surface area contributed by atoms with Gasteiger partial charge in [0.2, 0.25) is 5.75 Å². The lowest BCUT2D eigenvalue weighted by molar-refractivity contribution is -0.113. The first-order valence-corrected chi connectivity index (χ1v) is 9.48. The number of amidine groups is 1. The van der Waals surface area contributed by atoms with Crippen LogP contribution in [-0.2, 0) is 4.79 Å². The summed E-state index contributed by atoms with van der Waals surface area (Å²) in [5.74, 6) is 1.44. The highest BCUT2D eigenvalue weighted by Crippen LogP contribution is 2.40. The van der Waals surface area contributed by atoms with Crippen LogP contribution in [0.5, 0.6) is 17.2 Å². The topological polar surface area (TPSA) is 60.4 Å². The first-order valence-electron chi connectivity index (χ1n) is 8.66. The third-order valence-electron chi connectivity index (χ3n) is 4.64. The van der Waals surface area contributed by atoms with Gasteiger partial charge in [0.15, 0.2) is 16.7 Å². The summed E-state index contributed by atoms with van der Waals surface area (Å²) < 4.78 is 16.1. The molecule has 0 N–H and O–H groups in total. The zero-order chi connectivity index (χ0) is 18.7. The number of nitrogens with zero attached hydrogens (tertiary/aromatic N) is 2. The Morgan fingerprint density at radius 3 is 2.42 bits per heavy atom. The molecule has 26 heavy (non-hydrogen) atoms. The van der Waals surface area contributed by atoms with E-state index in [-0.39, 0.29) is 5.91 Å². The Balaban J connectivity index is 1.86. The summed E-state index contributed by atoms with van der Waals surface area (Å²) in [5, 5.41) is 0.806. The molecule has 7 heteroatoms. The highest BCUT2D eigenvalue weighted by molar-refractivity contribution is 8.18. The van der Waals surface area contributed by atoms with Crippen LogP contribution in [0, 0.1) is 0 Å². The van der Waals surface area contributed by atoms with Gasteiger partial charge in [-0.2, -0.15) is 4.99 Å². The molecule has 2 aliphatic rings. The Morgan fingerprint density at radius 2 is 1.85 bits per heavy atom. The molecule has 1 amide bonds. The van der Waals surface area contributed by atoms with Gasteiger partial charge < -0.3 is 19.1 Å². The molecule has 140 valence electrons. The largest absolute Gasteiger partial charge is 0.493 e. The average Bonchev–Trinajstić information content (AvgIpc) is 3.01. The van der Waals surface area contributed by atoms with Crippen molar-refractivity contribution in [3.8, 4) is 17.2 Å². The molecule has 0 saturated carbocycles. The van der Waals surface area contributed by atoms with Gasteiger partial charge in [-0.15, -0.1) is 0 Å². The maximum absolute atomic E-state index is 12.4. The Hall–Kier alpha value is -2.15. The van der Waals surface area contributed by atoms with Crippen molar-refractivity contribution in [2.75, 3.05) is 27.9 Å². The van der Waals surface area contributed by atoms with Gasteiger partial charge in [-0.25, -0.2) is 0 Å². The van der Waals surface area contributed by atoms with Crippen molar-refractivity contribution < 1.29 is 19.0 Å². The van der Waals surface area contributed by atoms with Crippen molar-refractivity contribution >= 4 is 28.9 Å². The number of piperidine rings is 1. The number of rotatable bonds is 4. The second kappa shape index (κ2) is 8.03. The van der Waals surface area contributed by atoms with Gasteiger partial charge in [-0.1, -0.05) is 0 Å². The molecule has 2 aliphatic heterocycles. The van der Waals surface area contributed by atoms with Crippen molar-refractivity contribution in [1.29, 1.82) is 0 Å². The molecule has 1 aromatic carbocycles. The first-order chi connectivity index (χ1) is 12.6. The number of carbonyl (C=O) groups excluding carboxylic acids is 1. The Labute approximate surface area is 158 Å². The van der Waals surface area contributed by atoms with Crippen molar-refractivity contribution in [3.05, 3.63) is 22.6 Å². The Morgan fingerprint density at radius 1 is 1.15 bits per heavy atom. The number of methoxy groups -OCH3 is 3. The minimum Gasteiger partial charge on any atom is -0.493 e. The van der Waals surface area contributed by atoms with Crippen LogP contribution >= 0.6 is 11.8 Å². The number of likely N-dealkylation sites (tertiary alicyclic amines) is 1. The van der Waals surface area contributed by atoms with Crippen molar-refractivity contribution in [2.45, 2.75) is 32.2 Å². The number of hydrogen-bond acceptors (Lipinski definition) is 6. The summed E-state index contributed by atoms with van der Waals surface area (Å²) in [6, 6.07) is 4.07. The molecule has 1 saturated heterocycles. The molecule has 0 aromatic heterocycles. The van der Waals surface area contributed by atoms with E-state index in [9.17, 15) is 4.79 Å². The lowest BCUT2D eigenvalue weighted by Crippen LogP contribution is -2.40. The Bertz CT molecular complexity index is 735. The van der Waals surface area contributed by atoms with E-state index in [1.807, 2.05) is 18.2 Å². The minimum absolute atomic E-state index is 0.198. The van der Waals surface area contributed by atoms with Gasteiger partial charge in [0.1, 0.15) is 0 Å². The van der Waals surface area contributed by atoms with Crippen LogP contribution in [-0.4, -0.2) is 49.9 Å². The monoisotopic (exact) mass is 376 g/mol. The number of carbonyl (C=O) groups is 1. The summed E-state index contributed by atoms with van der Waals surface area (Å²) in [6.07, 6.45) is 5.34. The maximum atomic E-state index is 12.4. The van der Waals surface area contributed by atoms with Crippen LogP contribution in [0.25, 0.3) is 6.08 Å². The predicted octanol–water partition coefficient (Wildman–Crippen LogP) is 3.56. The van der Waals surface area contributed by atoms with E-state index < -0.39 is 0 Å². The zero-order valence-electron chi connectivity index (χ0n) is 15.6. The number of benzene rings is 1. The fraction of sp³-hybridized carbons (Fsp3) is 0.474. The van der Waals surface area contributed by atoms with Crippen LogP contribution < -0.4 is 14.2 Å². The number of ether oxygens (including phenoxy) is 3. The maximum Gasteiger partial charge on any atom is 0.286 e. The molecule has 0 spiro atoms. The van der Waals surface area contributed by atoms with E-state index in [2.05, 4.69) is 16.8 Å². The number of thioether (sulfide) groups is 1. The summed E-state index contributed by atoms with van der Waals surface area (Å²) in [4.78, 5) is 19.5. The normalized spacial score (nSPS) is 21.8. The Kier molecular flexibility index (Phi) is 5.76. The number of aliphatic imine (C=N–C) groups is 1. The summed E-state index contributed by atoms with van der Waals surface area (Å²) in [6.45, 7) is 3.14. The summed E-state index contributed by atoms with van der Waals surface area (Å²) >= 11 is 1.44. The second-order valence-corrected chi connectivity index (χ2v) is 7.32. The van der Waals surface area contributed by atoms with E-state index in [0.717, 1.165) is 30.1 Å². The van der Waals surface area contributed by atoms with Crippen molar-refractivity contribution in [3.63, 3.8) is 0 Å².